The Balaban J connectivity index is -0.0000000383. The van der Waals surface area contributed by atoms with Crippen LogP contribution in [-0.2, 0) is 4.79 Å². The maximum atomic E-state index is 9.44. The van der Waals surface area contributed by atoms with Crippen LogP contribution in [0.5, 0.6) is 0 Å². The predicted octanol–water partition coefficient (Wildman–Crippen LogP) is 3.65. The Bertz CT molecular complexity index is 93.7. The van der Waals surface area contributed by atoms with Crippen LogP contribution >= 0.6 is 12.2 Å². The van der Waals surface area contributed by atoms with E-state index in [1.54, 1.807) is 0 Å². The van der Waals surface area contributed by atoms with E-state index in [2.05, 4.69) is 6.92 Å². The van der Waals surface area contributed by atoms with E-state index in [-0.39, 0.29) is 20.6 Å². The number of hydrogen-bond donors (Lipinski definition) is 0. The number of rotatable bonds is 1. The molecule has 2 heteroatoms. The zero-order chi connectivity index (χ0) is 7.86. The highest BCUT2D eigenvalue weighted by Crippen LogP contribution is 1.77. The quantitative estimate of drug-likeness (QED) is 0.570. The predicted molar refractivity (Wildman–Crippen MR) is 58.4 cm³/mol. The van der Waals surface area contributed by atoms with Gasteiger partial charge >= 0.3 is 0 Å². The van der Waals surface area contributed by atoms with E-state index in [0.29, 0.717) is 0 Å². The molecule has 0 saturated heterocycles. The first-order chi connectivity index (χ1) is 4.00. The van der Waals surface area contributed by atoms with E-state index in [1.165, 1.54) is 13.8 Å². The van der Waals surface area contributed by atoms with Gasteiger partial charge in [0.25, 0.3) is 0 Å². The topological polar surface area (TPSA) is 17.1 Å². The molecule has 0 aromatic carbocycles. The molecule has 0 radical (unpaired) electrons. The summed E-state index contributed by atoms with van der Waals surface area (Å²) in [7, 11) is 0. The fraction of sp³-hybridized carbons (Fsp3) is 0.778. The van der Waals surface area contributed by atoms with E-state index >= 15 is 0 Å². The van der Waals surface area contributed by atoms with E-state index in [1.807, 2.05) is 6.92 Å². The highest BCUT2D eigenvalue weighted by atomic mass is 32.1. The Morgan fingerprint density at radius 3 is 1.27 bits per heavy atom. The van der Waals surface area contributed by atoms with Gasteiger partial charge in [0, 0.05) is 0 Å². The molecule has 0 amide bonds. The lowest BCUT2D eigenvalue weighted by Crippen LogP contribution is -1.75. The first-order valence-corrected chi connectivity index (χ1v) is 3.38. The Kier molecular flexibility index (Phi) is 33.4. The second kappa shape index (κ2) is 16.4. The lowest BCUT2D eigenvalue weighted by molar-refractivity contribution is -0.114. The van der Waals surface area contributed by atoms with Crippen molar-refractivity contribution in [3.05, 3.63) is 0 Å². The van der Waals surface area contributed by atoms with Crippen LogP contribution < -0.4 is 0 Å². The van der Waals surface area contributed by atoms with Crippen LogP contribution in [0, 0.1) is 0 Å². The summed E-state index contributed by atoms with van der Waals surface area (Å²) in [5.41, 5.74) is 0. The summed E-state index contributed by atoms with van der Waals surface area (Å²) >= 11 is 4.70. The average molecular weight is 178 g/mol. The third kappa shape index (κ3) is 190. The summed E-state index contributed by atoms with van der Waals surface area (Å²) in [6, 6.07) is 0. The van der Waals surface area contributed by atoms with Gasteiger partial charge in [-0.05, 0) is 32.1 Å². The molecule has 0 aromatic rings. The van der Waals surface area contributed by atoms with Gasteiger partial charge in [-0.3, -0.25) is 0 Å². The van der Waals surface area contributed by atoms with E-state index in [9.17, 15) is 4.79 Å². The summed E-state index contributed by atoms with van der Waals surface area (Å²) in [5.74, 6) is 0.167. The van der Waals surface area contributed by atoms with Crippen molar-refractivity contribution < 1.29 is 4.79 Å². The number of hydrogen-bond acceptors (Lipinski definition) is 2. The maximum absolute atomic E-state index is 9.44. The second-order valence-electron chi connectivity index (χ2n) is 1.96. The number of carbonyl (C=O) groups is 1. The minimum absolute atomic E-state index is 0. The molecule has 0 aromatic heterocycles. The minimum Gasteiger partial charge on any atom is -0.300 e. The first kappa shape index (κ1) is 22.4. The van der Waals surface area contributed by atoms with Gasteiger partial charge in [-0.15, -0.1) is 0 Å². The number of thiocarbonyl (C=S) groups is 1. The molecule has 0 aliphatic rings. The molecule has 70 valence electrons. The van der Waals surface area contributed by atoms with Crippen LogP contribution in [0.15, 0.2) is 0 Å². The third-order valence-electron chi connectivity index (χ3n) is 0.498. The van der Waals surface area contributed by atoms with Crippen molar-refractivity contribution in [3.63, 3.8) is 0 Å². The minimum atomic E-state index is 0. The van der Waals surface area contributed by atoms with Gasteiger partial charge in [0.1, 0.15) is 5.78 Å². The van der Waals surface area contributed by atoms with E-state index < -0.39 is 0 Å². The van der Waals surface area contributed by atoms with Gasteiger partial charge in [0.2, 0.25) is 0 Å². The van der Waals surface area contributed by atoms with E-state index in [0.717, 1.165) is 11.3 Å². The molecule has 0 N–H and O–H groups in total. The highest BCUT2D eigenvalue weighted by Gasteiger charge is 1.71. The fourth-order valence-corrected chi connectivity index (χ4v) is 0. The summed E-state index contributed by atoms with van der Waals surface area (Å²) in [6.45, 7) is 7.07. The molecule has 0 fully saturated rings. The van der Waals surface area contributed by atoms with Crippen LogP contribution in [0.1, 0.15) is 49.0 Å². The van der Waals surface area contributed by atoms with Crippen molar-refractivity contribution >= 4 is 22.9 Å². The zero-order valence-corrected chi connectivity index (χ0v) is 7.34. The molecule has 0 atom stereocenters. The molecule has 0 spiro atoms. The molecule has 11 heavy (non-hydrogen) atoms. The smallest absolute Gasteiger partial charge is 0.126 e. The first-order valence-electron chi connectivity index (χ1n) is 2.97. The molecular formula is C9H22OS. The summed E-state index contributed by atoms with van der Waals surface area (Å²) in [4.78, 5) is 10.5. The summed E-state index contributed by atoms with van der Waals surface area (Å²) < 4.78 is 0. The van der Waals surface area contributed by atoms with Crippen LogP contribution in [-0.4, -0.2) is 10.6 Å². The van der Waals surface area contributed by atoms with Crippen molar-refractivity contribution in [3.8, 4) is 0 Å². The van der Waals surface area contributed by atoms with E-state index in [4.69, 9.17) is 12.2 Å². The molecule has 0 saturated carbocycles. The molecule has 1 nitrogen and oxygen atoms in total. The normalized spacial score (nSPS) is 5.82. The van der Waals surface area contributed by atoms with Crippen LogP contribution in [0.25, 0.3) is 0 Å². The van der Waals surface area contributed by atoms with Gasteiger partial charge in [0.15, 0.2) is 0 Å². The van der Waals surface area contributed by atoms with Crippen LogP contribution in [0.3, 0.4) is 0 Å². The van der Waals surface area contributed by atoms with Gasteiger partial charge in [-0.2, -0.15) is 0 Å². The highest BCUT2D eigenvalue weighted by molar-refractivity contribution is 7.80. The summed E-state index contributed by atoms with van der Waals surface area (Å²) in [5, 5.41) is 0. The van der Waals surface area contributed by atoms with Crippen molar-refractivity contribution in [1.29, 1.82) is 0 Å². The largest absolute Gasteiger partial charge is 0.300 e. The lowest BCUT2D eigenvalue weighted by atomic mass is 10.4. The molecule has 0 bridgehead atoms. The fourth-order valence-electron chi connectivity index (χ4n) is 0. The van der Waals surface area contributed by atoms with Gasteiger partial charge in [-0.1, -0.05) is 34.0 Å². The van der Waals surface area contributed by atoms with Crippen LogP contribution in [0.2, 0.25) is 0 Å². The molecular weight excluding hydrogens is 156 g/mol. The molecule has 0 aliphatic heterocycles. The standard InChI is InChI=1S/C4H8S.C3H6O.2CH4/c1-3-4(2)5;1-3(2)4;;/h3H2,1-2H3;1-2H3;2*1H4. The molecule has 0 aliphatic carbocycles. The Morgan fingerprint density at radius 2 is 1.27 bits per heavy atom. The van der Waals surface area contributed by atoms with Crippen molar-refractivity contribution in [1.82, 2.24) is 0 Å². The summed E-state index contributed by atoms with van der Waals surface area (Å²) in [6.07, 6.45) is 1.04. The lowest BCUT2D eigenvalue weighted by Gasteiger charge is -1.76. The number of carbonyl (C=O) groups excluding carboxylic acids is 1. The average Bonchev–Trinajstić information content (AvgIpc) is 1.65. The van der Waals surface area contributed by atoms with Gasteiger partial charge < -0.3 is 4.79 Å². The Morgan fingerprint density at radius 1 is 1.18 bits per heavy atom. The monoisotopic (exact) mass is 178 g/mol. The van der Waals surface area contributed by atoms with Gasteiger partial charge in [-0.25, -0.2) is 0 Å². The van der Waals surface area contributed by atoms with Crippen molar-refractivity contribution in [2.45, 2.75) is 49.0 Å². The number of ketones is 1. The maximum Gasteiger partial charge on any atom is 0.126 e. The zero-order valence-electron chi connectivity index (χ0n) is 6.52. The second-order valence-corrected chi connectivity index (χ2v) is 2.66. The Labute approximate surface area is 77.2 Å². The van der Waals surface area contributed by atoms with Crippen LogP contribution in [0.4, 0.5) is 0 Å². The molecule has 0 rings (SSSR count). The third-order valence-corrected chi connectivity index (χ3v) is 0.787. The Hall–Kier alpha value is -0.240. The molecule has 0 unspecified atom stereocenters. The van der Waals surface area contributed by atoms with Crippen molar-refractivity contribution in [2.75, 3.05) is 0 Å². The molecule has 0 heterocycles. The SMILES string of the molecule is C.C.CC(C)=O.CCC(C)=S. The van der Waals surface area contributed by atoms with Crippen molar-refractivity contribution in [2.24, 2.45) is 0 Å². The van der Waals surface area contributed by atoms with Gasteiger partial charge in [0.05, 0.1) is 0 Å². The number of Topliss-reactive ketones (excluding diaryl/α,β-unsaturated/α-hetero) is 1.